The fraction of sp³-hybridized carbons (Fsp3) is 0.500. The molecule has 0 aromatic heterocycles. The number of Topliss-reactive ketones (excluding diaryl/α,β-unsaturated/α-hetero) is 1. The van der Waals surface area contributed by atoms with Gasteiger partial charge in [-0.15, -0.1) is 0 Å². The molecule has 4 nitrogen and oxygen atoms in total. The first-order valence-electron chi connectivity index (χ1n) is 11.2. The van der Waals surface area contributed by atoms with Gasteiger partial charge in [-0.25, -0.2) is 0 Å². The van der Waals surface area contributed by atoms with Gasteiger partial charge in [-0.3, -0.25) is 9.69 Å². The molecule has 1 aliphatic heterocycles. The van der Waals surface area contributed by atoms with E-state index in [1.54, 1.807) is 14.2 Å². The van der Waals surface area contributed by atoms with Gasteiger partial charge in [0, 0.05) is 17.9 Å². The number of benzene rings is 2. The van der Waals surface area contributed by atoms with Crippen LogP contribution in [0.4, 0.5) is 0 Å². The van der Waals surface area contributed by atoms with E-state index in [9.17, 15) is 4.79 Å². The Balaban J connectivity index is 1.56. The average Bonchev–Trinajstić information content (AvgIpc) is 3.35. The number of likely N-dealkylation sites (tertiary alicyclic amines) is 1. The highest BCUT2D eigenvalue weighted by Crippen LogP contribution is 2.58. The molecule has 1 saturated heterocycles. The fourth-order valence-electron chi connectivity index (χ4n) is 6.39. The lowest BCUT2D eigenvalue weighted by Gasteiger charge is -2.57. The Morgan fingerprint density at radius 2 is 1.27 bits per heavy atom. The molecule has 2 aromatic carbocycles. The van der Waals surface area contributed by atoms with Crippen molar-refractivity contribution in [2.24, 2.45) is 5.92 Å². The molecule has 2 atom stereocenters. The van der Waals surface area contributed by atoms with Crippen LogP contribution >= 0.6 is 0 Å². The number of carbonyl (C=O) groups excluding carboxylic acids is 1. The molecule has 0 amide bonds. The third-order valence-electron chi connectivity index (χ3n) is 7.81. The van der Waals surface area contributed by atoms with Crippen molar-refractivity contribution < 1.29 is 14.3 Å². The highest BCUT2D eigenvalue weighted by molar-refractivity contribution is 5.87. The number of nitrogens with zero attached hydrogens (tertiary/aromatic N) is 1. The summed E-state index contributed by atoms with van der Waals surface area (Å²) in [4.78, 5) is 16.2. The van der Waals surface area contributed by atoms with Gasteiger partial charge in [0.05, 0.1) is 14.2 Å². The Kier molecular flexibility index (Phi) is 5.06. The van der Waals surface area contributed by atoms with E-state index in [2.05, 4.69) is 29.2 Å². The van der Waals surface area contributed by atoms with Gasteiger partial charge < -0.3 is 9.47 Å². The van der Waals surface area contributed by atoms with E-state index in [0.29, 0.717) is 5.78 Å². The van der Waals surface area contributed by atoms with Crippen molar-refractivity contribution in [3.05, 3.63) is 59.7 Å². The van der Waals surface area contributed by atoms with Crippen molar-refractivity contribution in [3.8, 4) is 11.5 Å². The summed E-state index contributed by atoms with van der Waals surface area (Å²) in [5, 5.41) is 0. The van der Waals surface area contributed by atoms with E-state index >= 15 is 0 Å². The summed E-state index contributed by atoms with van der Waals surface area (Å²) < 4.78 is 10.7. The number of carbonyl (C=O) groups is 1. The van der Waals surface area contributed by atoms with Gasteiger partial charge in [0.25, 0.3) is 0 Å². The number of rotatable bonds is 5. The molecule has 3 saturated carbocycles. The topological polar surface area (TPSA) is 38.8 Å². The highest BCUT2D eigenvalue weighted by atomic mass is 16.5. The van der Waals surface area contributed by atoms with Gasteiger partial charge in [-0.1, -0.05) is 24.3 Å². The van der Waals surface area contributed by atoms with Crippen LogP contribution in [0.5, 0.6) is 11.5 Å². The van der Waals surface area contributed by atoms with Gasteiger partial charge in [-0.05, 0) is 86.0 Å². The zero-order valence-electron chi connectivity index (χ0n) is 18.0. The first-order valence-corrected chi connectivity index (χ1v) is 11.2. The summed E-state index contributed by atoms with van der Waals surface area (Å²) in [6.07, 6.45) is 5.39. The van der Waals surface area contributed by atoms with E-state index in [-0.39, 0.29) is 23.3 Å². The molecule has 4 fully saturated rings. The molecule has 2 aromatic rings. The fourth-order valence-corrected chi connectivity index (χ4v) is 6.39. The van der Waals surface area contributed by atoms with Crippen LogP contribution in [0.15, 0.2) is 48.5 Å². The van der Waals surface area contributed by atoms with Crippen LogP contribution < -0.4 is 9.47 Å². The second-order valence-electron chi connectivity index (χ2n) is 9.25. The molecule has 158 valence electrons. The summed E-state index contributed by atoms with van der Waals surface area (Å²) in [6, 6.07) is 16.8. The number of fused-ring (bicyclic) bond motifs is 3. The first-order chi connectivity index (χ1) is 14.6. The lowest BCUT2D eigenvalue weighted by molar-refractivity contribution is -0.139. The number of hydrogen-bond donors (Lipinski definition) is 0. The molecule has 0 spiro atoms. The van der Waals surface area contributed by atoms with Gasteiger partial charge >= 0.3 is 0 Å². The third kappa shape index (κ3) is 3.22. The van der Waals surface area contributed by atoms with Crippen molar-refractivity contribution in [2.75, 3.05) is 27.3 Å². The number of methoxy groups -OCH3 is 2. The van der Waals surface area contributed by atoms with Gasteiger partial charge in [0.1, 0.15) is 17.3 Å². The Hall–Kier alpha value is -2.33. The van der Waals surface area contributed by atoms with Crippen molar-refractivity contribution >= 4 is 5.78 Å². The zero-order valence-corrected chi connectivity index (χ0v) is 18.0. The van der Waals surface area contributed by atoms with Crippen molar-refractivity contribution in [3.63, 3.8) is 0 Å². The predicted molar refractivity (Wildman–Crippen MR) is 117 cm³/mol. The first kappa shape index (κ1) is 19.6. The molecule has 30 heavy (non-hydrogen) atoms. The molecule has 2 bridgehead atoms. The lowest BCUT2D eigenvalue weighted by atomic mass is 9.52. The van der Waals surface area contributed by atoms with E-state index < -0.39 is 0 Å². The number of ether oxygens (including phenoxy) is 2. The molecule has 4 heteroatoms. The summed E-state index contributed by atoms with van der Waals surface area (Å²) in [5.41, 5.74) is 2.55. The molecule has 3 aliphatic carbocycles. The summed E-state index contributed by atoms with van der Waals surface area (Å²) in [7, 11) is 3.40. The second-order valence-corrected chi connectivity index (χ2v) is 9.25. The zero-order chi connectivity index (χ0) is 20.7. The SMILES string of the molecule is COc1ccc([C@@H]2CC3(N4CCCC4)CC(=O)C2[C@H](c2ccc(OC)cc2)C3)cc1. The maximum absolute atomic E-state index is 13.6. The molecule has 1 heterocycles. The van der Waals surface area contributed by atoms with Crippen molar-refractivity contribution in [2.45, 2.75) is 49.5 Å². The smallest absolute Gasteiger partial charge is 0.139 e. The second kappa shape index (κ2) is 7.73. The van der Waals surface area contributed by atoms with Crippen LogP contribution in [0.2, 0.25) is 0 Å². The largest absolute Gasteiger partial charge is 0.497 e. The minimum atomic E-state index is -0.00246. The van der Waals surface area contributed by atoms with Crippen LogP contribution in [0.25, 0.3) is 0 Å². The summed E-state index contributed by atoms with van der Waals surface area (Å²) in [5.74, 6) is 2.76. The summed E-state index contributed by atoms with van der Waals surface area (Å²) in [6.45, 7) is 2.26. The molecule has 4 aliphatic rings. The van der Waals surface area contributed by atoms with Crippen LogP contribution in [-0.2, 0) is 4.79 Å². The maximum atomic E-state index is 13.6. The monoisotopic (exact) mass is 405 g/mol. The molecular weight excluding hydrogens is 374 g/mol. The van der Waals surface area contributed by atoms with Crippen molar-refractivity contribution in [1.82, 2.24) is 4.90 Å². The quantitative estimate of drug-likeness (QED) is 0.717. The molecule has 0 N–H and O–H groups in total. The predicted octanol–water partition coefficient (Wildman–Crippen LogP) is 4.79. The molecular formula is C26H31NO3. The van der Waals surface area contributed by atoms with E-state index in [4.69, 9.17) is 9.47 Å². The van der Waals surface area contributed by atoms with Crippen molar-refractivity contribution in [1.29, 1.82) is 0 Å². The van der Waals surface area contributed by atoms with E-state index in [1.165, 1.54) is 24.0 Å². The maximum Gasteiger partial charge on any atom is 0.139 e. The van der Waals surface area contributed by atoms with E-state index in [0.717, 1.165) is 43.9 Å². The number of hydrogen-bond acceptors (Lipinski definition) is 4. The minimum absolute atomic E-state index is 0.00246. The third-order valence-corrected chi connectivity index (χ3v) is 7.81. The Labute approximate surface area is 179 Å². The number of ketones is 1. The standard InChI is InChI=1S/C26H31NO3/c1-29-20-9-5-18(6-10-20)22-15-26(27-13-3-4-14-27)16-23(25(22)24(28)17-26)19-7-11-21(30-2)12-8-19/h5-12,22-23,25H,3-4,13-17H2,1-2H3/t22-,23-,25?,26?/m0/s1. The van der Waals surface area contributed by atoms with Crippen LogP contribution in [0.1, 0.15) is 55.1 Å². The Morgan fingerprint density at radius 1 is 0.800 bits per heavy atom. The average molecular weight is 406 g/mol. The van der Waals surface area contributed by atoms with Gasteiger partial charge in [0.2, 0.25) is 0 Å². The lowest BCUT2D eigenvalue weighted by Crippen LogP contribution is -2.60. The Bertz CT molecular complexity index is 841. The van der Waals surface area contributed by atoms with Crippen LogP contribution in [0, 0.1) is 5.92 Å². The van der Waals surface area contributed by atoms with Gasteiger partial charge in [-0.2, -0.15) is 0 Å². The minimum Gasteiger partial charge on any atom is -0.497 e. The van der Waals surface area contributed by atoms with Gasteiger partial charge in [0.15, 0.2) is 0 Å². The normalized spacial score (nSPS) is 31.1. The summed E-state index contributed by atoms with van der Waals surface area (Å²) >= 11 is 0. The van der Waals surface area contributed by atoms with Crippen LogP contribution in [-0.4, -0.2) is 43.5 Å². The van der Waals surface area contributed by atoms with E-state index in [1.807, 2.05) is 24.3 Å². The highest BCUT2D eigenvalue weighted by Gasteiger charge is 2.57. The molecule has 6 rings (SSSR count). The Morgan fingerprint density at radius 3 is 1.70 bits per heavy atom. The molecule has 0 radical (unpaired) electrons. The molecule has 0 unspecified atom stereocenters. The van der Waals surface area contributed by atoms with Crippen LogP contribution in [0.3, 0.4) is 0 Å².